The number of amides is 1. The van der Waals surface area contributed by atoms with E-state index in [0.29, 0.717) is 22.9 Å². The highest BCUT2D eigenvalue weighted by atomic mass is 16.5. The van der Waals surface area contributed by atoms with Gasteiger partial charge >= 0.3 is 5.97 Å². The van der Waals surface area contributed by atoms with Gasteiger partial charge in [-0.25, -0.2) is 4.98 Å². The first-order chi connectivity index (χ1) is 13.1. The molecule has 0 bridgehead atoms. The van der Waals surface area contributed by atoms with Crippen molar-refractivity contribution in [2.75, 3.05) is 24.6 Å². The number of nitrogens with zero attached hydrogens (tertiary/aromatic N) is 3. The number of benzene rings is 1. The van der Waals surface area contributed by atoms with E-state index in [4.69, 9.17) is 10.5 Å². The van der Waals surface area contributed by atoms with Gasteiger partial charge in [-0.3, -0.25) is 9.59 Å². The molecule has 1 saturated carbocycles. The molecule has 2 aromatic rings. The molecular weight excluding hydrogens is 348 g/mol. The number of carbonyl (C=O) groups excluding carboxylic acids is 2. The summed E-state index contributed by atoms with van der Waals surface area (Å²) in [6.07, 6.45) is 1.73. The maximum atomic E-state index is 11.9. The minimum Gasteiger partial charge on any atom is -0.424 e. The maximum absolute atomic E-state index is 11.9. The summed E-state index contributed by atoms with van der Waals surface area (Å²) < 4.78 is 5.38. The first-order valence-corrected chi connectivity index (χ1v) is 8.50. The molecule has 1 aromatic heterocycles. The number of nitrogens with two attached hydrogens (primary N) is 1. The van der Waals surface area contributed by atoms with E-state index in [9.17, 15) is 9.59 Å². The van der Waals surface area contributed by atoms with Gasteiger partial charge in [0.2, 0.25) is 5.91 Å². The number of nitrogens with one attached hydrogen (secondary N) is 2. The van der Waals surface area contributed by atoms with Crippen molar-refractivity contribution in [1.82, 2.24) is 10.3 Å². The summed E-state index contributed by atoms with van der Waals surface area (Å²) in [5.74, 6) is 0.297. The van der Waals surface area contributed by atoms with E-state index in [2.05, 4.69) is 25.8 Å². The molecule has 9 heteroatoms. The van der Waals surface area contributed by atoms with E-state index < -0.39 is 0 Å². The minimum absolute atomic E-state index is 0.0134. The molecule has 0 saturated heterocycles. The fourth-order valence-electron chi connectivity index (χ4n) is 2.21. The van der Waals surface area contributed by atoms with E-state index in [1.165, 1.54) is 0 Å². The Balaban J connectivity index is 1.72. The number of esters is 1. The molecule has 140 valence electrons. The molecule has 9 nitrogen and oxygen atoms in total. The quantitative estimate of drug-likeness (QED) is 0.391. The smallest absolute Gasteiger partial charge is 0.314 e. The predicted molar refractivity (Wildman–Crippen MR) is 100 cm³/mol. The number of anilines is 2. The van der Waals surface area contributed by atoms with Crippen LogP contribution in [0.25, 0.3) is 0 Å². The normalized spacial score (nSPS) is 13.5. The first kappa shape index (κ1) is 18.5. The zero-order valence-corrected chi connectivity index (χ0v) is 14.8. The Labute approximate surface area is 156 Å². The molecule has 1 heterocycles. The molecule has 0 atom stereocenters. The number of ether oxygens (including phenoxy) is 1. The van der Waals surface area contributed by atoms with Crippen LogP contribution >= 0.6 is 0 Å². The zero-order chi connectivity index (χ0) is 19.2. The SMILES string of the molecule is CNCC(=O)Nc1ccc(/N=N/c2ccccc2OC(=O)C2CC2)c(N)n1. The molecular formula is C18H20N6O3. The van der Waals surface area contributed by atoms with Gasteiger partial charge in [0, 0.05) is 0 Å². The van der Waals surface area contributed by atoms with Crippen LogP contribution < -0.4 is 21.1 Å². The van der Waals surface area contributed by atoms with Crippen molar-refractivity contribution in [3.63, 3.8) is 0 Å². The molecule has 0 radical (unpaired) electrons. The number of pyridine rings is 1. The van der Waals surface area contributed by atoms with Crippen molar-refractivity contribution in [2.24, 2.45) is 16.1 Å². The largest absolute Gasteiger partial charge is 0.424 e. The highest BCUT2D eigenvalue weighted by Crippen LogP contribution is 2.34. The van der Waals surface area contributed by atoms with Crippen molar-refractivity contribution in [1.29, 1.82) is 0 Å². The van der Waals surface area contributed by atoms with Crippen molar-refractivity contribution in [3.05, 3.63) is 36.4 Å². The summed E-state index contributed by atoms with van der Waals surface area (Å²) in [5, 5.41) is 13.6. The average Bonchev–Trinajstić information content (AvgIpc) is 3.47. The fourth-order valence-corrected chi connectivity index (χ4v) is 2.21. The van der Waals surface area contributed by atoms with Crippen LogP contribution in [0, 0.1) is 5.92 Å². The highest BCUT2D eigenvalue weighted by Gasteiger charge is 2.32. The third-order valence-corrected chi connectivity index (χ3v) is 3.76. The molecule has 1 aliphatic rings. The van der Waals surface area contributed by atoms with Gasteiger partial charge in [0.15, 0.2) is 11.6 Å². The van der Waals surface area contributed by atoms with E-state index in [1.807, 2.05) is 0 Å². The molecule has 1 amide bonds. The standard InChI is InChI=1S/C18H20N6O3/c1-20-10-16(25)21-15-9-8-13(17(19)22-15)24-23-12-4-2-3-5-14(12)27-18(26)11-6-7-11/h2-5,8-9,11,20H,6-7,10H2,1H3,(H3,19,21,22,25)/b24-23+. The summed E-state index contributed by atoms with van der Waals surface area (Å²) in [6.45, 7) is 0.166. The van der Waals surface area contributed by atoms with Crippen LogP contribution in [0.1, 0.15) is 12.8 Å². The minimum atomic E-state index is -0.250. The Morgan fingerprint density at radius 1 is 1.19 bits per heavy atom. The van der Waals surface area contributed by atoms with Gasteiger partial charge < -0.3 is 21.1 Å². The molecule has 0 unspecified atom stereocenters. The monoisotopic (exact) mass is 368 g/mol. The number of azo groups is 1. The number of rotatable bonds is 7. The Hall–Kier alpha value is -3.33. The topological polar surface area (TPSA) is 131 Å². The lowest BCUT2D eigenvalue weighted by atomic mass is 10.3. The Morgan fingerprint density at radius 3 is 2.63 bits per heavy atom. The number of likely N-dealkylation sites (N-methyl/N-ethyl adjacent to an activating group) is 1. The van der Waals surface area contributed by atoms with E-state index in [0.717, 1.165) is 12.8 Å². The summed E-state index contributed by atoms with van der Waals surface area (Å²) in [4.78, 5) is 27.5. The van der Waals surface area contributed by atoms with Crippen LogP contribution in [0.5, 0.6) is 5.75 Å². The van der Waals surface area contributed by atoms with Crippen LogP contribution in [-0.2, 0) is 9.59 Å². The molecule has 0 aliphatic heterocycles. The van der Waals surface area contributed by atoms with Crippen molar-refractivity contribution in [2.45, 2.75) is 12.8 Å². The molecule has 4 N–H and O–H groups in total. The van der Waals surface area contributed by atoms with Crippen LogP contribution in [0.3, 0.4) is 0 Å². The Kier molecular flexibility index (Phi) is 5.72. The highest BCUT2D eigenvalue weighted by molar-refractivity contribution is 5.91. The van der Waals surface area contributed by atoms with E-state index in [1.54, 1.807) is 43.4 Å². The summed E-state index contributed by atoms with van der Waals surface area (Å²) in [5.41, 5.74) is 6.64. The second-order valence-corrected chi connectivity index (χ2v) is 6.04. The summed E-state index contributed by atoms with van der Waals surface area (Å²) >= 11 is 0. The number of carbonyl (C=O) groups is 2. The lowest BCUT2D eigenvalue weighted by Crippen LogP contribution is -2.25. The predicted octanol–water partition coefficient (Wildman–Crippen LogP) is 2.55. The van der Waals surface area contributed by atoms with Gasteiger partial charge in [-0.1, -0.05) is 12.1 Å². The molecule has 1 fully saturated rings. The van der Waals surface area contributed by atoms with E-state index >= 15 is 0 Å². The number of para-hydroxylation sites is 1. The Morgan fingerprint density at radius 2 is 1.93 bits per heavy atom. The third kappa shape index (κ3) is 5.08. The molecule has 0 spiro atoms. The van der Waals surface area contributed by atoms with E-state index in [-0.39, 0.29) is 30.2 Å². The van der Waals surface area contributed by atoms with Gasteiger partial charge in [-0.15, -0.1) is 10.2 Å². The molecule has 1 aromatic carbocycles. The Bertz CT molecular complexity index is 879. The van der Waals surface area contributed by atoms with Gasteiger partial charge in [-0.05, 0) is 44.2 Å². The second-order valence-electron chi connectivity index (χ2n) is 6.04. The lowest BCUT2D eigenvalue weighted by Gasteiger charge is -2.07. The van der Waals surface area contributed by atoms with Crippen molar-refractivity contribution in [3.8, 4) is 5.75 Å². The number of aromatic nitrogens is 1. The molecule has 1 aliphatic carbocycles. The average molecular weight is 368 g/mol. The number of nitrogen functional groups attached to an aromatic ring is 1. The van der Waals surface area contributed by atoms with Crippen molar-refractivity contribution < 1.29 is 14.3 Å². The third-order valence-electron chi connectivity index (χ3n) is 3.76. The summed E-state index contributed by atoms with van der Waals surface area (Å²) in [6, 6.07) is 10.1. The van der Waals surface area contributed by atoms with Crippen LogP contribution in [0.2, 0.25) is 0 Å². The lowest BCUT2D eigenvalue weighted by molar-refractivity contribution is -0.135. The fraction of sp³-hybridized carbons (Fsp3) is 0.278. The first-order valence-electron chi connectivity index (χ1n) is 8.50. The van der Waals surface area contributed by atoms with Gasteiger partial charge in [-0.2, -0.15) is 0 Å². The number of hydrogen-bond acceptors (Lipinski definition) is 8. The summed E-state index contributed by atoms with van der Waals surface area (Å²) in [7, 11) is 1.67. The second kappa shape index (κ2) is 8.37. The van der Waals surface area contributed by atoms with Crippen LogP contribution in [0.15, 0.2) is 46.6 Å². The number of hydrogen-bond donors (Lipinski definition) is 3. The zero-order valence-electron chi connectivity index (χ0n) is 14.8. The maximum Gasteiger partial charge on any atom is 0.314 e. The van der Waals surface area contributed by atoms with Crippen molar-refractivity contribution >= 4 is 34.9 Å². The van der Waals surface area contributed by atoms with Gasteiger partial charge in [0.05, 0.1) is 12.5 Å². The van der Waals surface area contributed by atoms with Crippen LogP contribution in [-0.4, -0.2) is 30.5 Å². The molecule has 3 rings (SSSR count). The molecule has 27 heavy (non-hydrogen) atoms. The van der Waals surface area contributed by atoms with Gasteiger partial charge in [0.1, 0.15) is 17.2 Å². The van der Waals surface area contributed by atoms with Gasteiger partial charge in [0.25, 0.3) is 0 Å². The van der Waals surface area contributed by atoms with Crippen LogP contribution in [0.4, 0.5) is 23.0 Å².